The van der Waals surface area contributed by atoms with Gasteiger partial charge in [-0.1, -0.05) is 36.4 Å². The molecule has 0 saturated heterocycles. The summed E-state index contributed by atoms with van der Waals surface area (Å²) in [5, 5.41) is 12.2. The Morgan fingerprint density at radius 3 is 2.62 bits per heavy atom. The largest absolute Gasteiger partial charge is 0.396 e. The second-order valence-electron chi connectivity index (χ2n) is 6.70. The Hall–Kier alpha value is -2.24. The third kappa shape index (κ3) is 4.68. The van der Waals surface area contributed by atoms with Gasteiger partial charge in [0.05, 0.1) is 6.04 Å². The van der Waals surface area contributed by atoms with Crippen LogP contribution in [0.5, 0.6) is 0 Å². The number of nitrogens with one attached hydrogen (secondary N) is 1. The number of halogens is 1. The summed E-state index contributed by atoms with van der Waals surface area (Å²) in [7, 11) is 0. The highest BCUT2D eigenvalue weighted by atomic mass is 19.1. The van der Waals surface area contributed by atoms with Crippen molar-refractivity contribution >= 4 is 5.91 Å². The molecule has 4 nitrogen and oxygen atoms in total. The fourth-order valence-electron chi connectivity index (χ4n) is 3.44. The van der Waals surface area contributed by atoms with Crippen molar-refractivity contribution in [3.8, 4) is 0 Å². The van der Waals surface area contributed by atoms with Crippen LogP contribution in [0.2, 0.25) is 0 Å². The highest BCUT2D eigenvalue weighted by Gasteiger charge is 2.30. The van der Waals surface area contributed by atoms with E-state index in [2.05, 4.69) is 22.3 Å². The quantitative estimate of drug-likeness (QED) is 0.800. The minimum atomic E-state index is -0.252. The Balaban J connectivity index is 1.60. The van der Waals surface area contributed by atoms with E-state index in [0.29, 0.717) is 32.4 Å². The van der Waals surface area contributed by atoms with Crippen molar-refractivity contribution in [2.75, 3.05) is 19.7 Å². The first kappa shape index (κ1) is 18.5. The smallest absolute Gasteiger partial charge is 0.237 e. The van der Waals surface area contributed by atoms with E-state index >= 15 is 0 Å². The van der Waals surface area contributed by atoms with Crippen LogP contribution in [0.15, 0.2) is 48.5 Å². The van der Waals surface area contributed by atoms with Gasteiger partial charge in [-0.2, -0.15) is 0 Å². The van der Waals surface area contributed by atoms with Crippen LogP contribution in [0.1, 0.15) is 23.1 Å². The number of rotatable bonds is 7. The maximum Gasteiger partial charge on any atom is 0.237 e. The number of benzene rings is 2. The molecule has 138 valence electrons. The highest BCUT2D eigenvalue weighted by Crippen LogP contribution is 2.23. The zero-order valence-corrected chi connectivity index (χ0v) is 14.8. The van der Waals surface area contributed by atoms with Gasteiger partial charge in [-0.05, 0) is 48.1 Å². The molecule has 0 spiro atoms. The molecule has 5 heteroatoms. The SMILES string of the molecule is O=C(NCCc1ccc(F)cc1)C1Cc2ccccc2CN1CCCO. The summed E-state index contributed by atoms with van der Waals surface area (Å²) >= 11 is 0. The Labute approximate surface area is 153 Å². The second kappa shape index (κ2) is 8.92. The zero-order valence-electron chi connectivity index (χ0n) is 14.8. The van der Waals surface area contributed by atoms with Gasteiger partial charge in [0.15, 0.2) is 0 Å². The predicted molar refractivity (Wildman–Crippen MR) is 99.2 cm³/mol. The number of aliphatic hydroxyl groups excluding tert-OH is 1. The lowest BCUT2D eigenvalue weighted by atomic mass is 9.93. The van der Waals surface area contributed by atoms with Crippen molar-refractivity contribution in [1.29, 1.82) is 0 Å². The molecule has 0 aliphatic carbocycles. The van der Waals surface area contributed by atoms with Gasteiger partial charge < -0.3 is 10.4 Å². The minimum Gasteiger partial charge on any atom is -0.396 e. The minimum absolute atomic E-state index is 0.0135. The van der Waals surface area contributed by atoms with Gasteiger partial charge in [-0.15, -0.1) is 0 Å². The van der Waals surface area contributed by atoms with E-state index in [-0.39, 0.29) is 24.4 Å². The summed E-state index contributed by atoms with van der Waals surface area (Å²) in [5.74, 6) is -0.238. The van der Waals surface area contributed by atoms with Crippen molar-refractivity contribution < 1.29 is 14.3 Å². The number of nitrogens with zero attached hydrogens (tertiary/aromatic N) is 1. The summed E-state index contributed by atoms with van der Waals surface area (Å²) in [6.45, 7) is 2.07. The first-order valence-electron chi connectivity index (χ1n) is 9.11. The van der Waals surface area contributed by atoms with Gasteiger partial charge in [0.25, 0.3) is 0 Å². The summed E-state index contributed by atoms with van der Waals surface area (Å²) in [5.41, 5.74) is 3.46. The van der Waals surface area contributed by atoms with Crippen molar-refractivity contribution in [2.24, 2.45) is 0 Å². The van der Waals surface area contributed by atoms with Crippen LogP contribution in [-0.2, 0) is 24.2 Å². The molecule has 0 radical (unpaired) electrons. The molecule has 3 rings (SSSR count). The third-order valence-electron chi connectivity index (χ3n) is 4.88. The van der Waals surface area contributed by atoms with Crippen molar-refractivity contribution in [3.05, 3.63) is 71.0 Å². The third-order valence-corrected chi connectivity index (χ3v) is 4.88. The number of fused-ring (bicyclic) bond motifs is 1. The van der Waals surface area contributed by atoms with Gasteiger partial charge in [-0.3, -0.25) is 9.69 Å². The fourth-order valence-corrected chi connectivity index (χ4v) is 3.44. The summed E-state index contributed by atoms with van der Waals surface area (Å²) < 4.78 is 13.0. The molecular weight excluding hydrogens is 331 g/mol. The van der Waals surface area contributed by atoms with E-state index in [1.165, 1.54) is 23.3 Å². The van der Waals surface area contributed by atoms with E-state index in [1.807, 2.05) is 12.1 Å². The summed E-state index contributed by atoms with van der Waals surface area (Å²) in [4.78, 5) is 14.9. The topological polar surface area (TPSA) is 52.6 Å². The maximum absolute atomic E-state index is 13.0. The molecule has 0 aromatic heterocycles. The lowest BCUT2D eigenvalue weighted by molar-refractivity contribution is -0.127. The molecule has 0 fully saturated rings. The van der Waals surface area contributed by atoms with Crippen LogP contribution in [0.4, 0.5) is 4.39 Å². The summed E-state index contributed by atoms with van der Waals surface area (Å²) in [6.07, 6.45) is 2.01. The van der Waals surface area contributed by atoms with Crippen LogP contribution in [0, 0.1) is 5.82 Å². The van der Waals surface area contributed by atoms with Gasteiger partial charge in [0, 0.05) is 26.2 Å². The molecule has 2 N–H and O–H groups in total. The normalized spacial score (nSPS) is 16.9. The number of carbonyl (C=O) groups is 1. The molecule has 1 heterocycles. The molecule has 0 saturated carbocycles. The molecule has 2 aromatic carbocycles. The Morgan fingerprint density at radius 1 is 1.15 bits per heavy atom. The molecule has 26 heavy (non-hydrogen) atoms. The molecule has 1 aliphatic heterocycles. The molecular formula is C21H25FN2O2. The Morgan fingerprint density at radius 2 is 1.88 bits per heavy atom. The average molecular weight is 356 g/mol. The maximum atomic E-state index is 13.0. The Kier molecular flexibility index (Phi) is 6.36. The number of hydrogen-bond acceptors (Lipinski definition) is 3. The first-order chi connectivity index (χ1) is 12.7. The molecule has 1 unspecified atom stereocenters. The van der Waals surface area contributed by atoms with Crippen molar-refractivity contribution in [3.63, 3.8) is 0 Å². The first-order valence-corrected chi connectivity index (χ1v) is 9.11. The van der Waals surface area contributed by atoms with E-state index in [1.54, 1.807) is 12.1 Å². The average Bonchev–Trinajstić information content (AvgIpc) is 2.67. The fraction of sp³-hybridized carbons (Fsp3) is 0.381. The standard InChI is InChI=1S/C21H25FN2O2/c22-19-8-6-16(7-9-19)10-11-23-21(26)20-14-17-4-1-2-5-18(17)15-24(20)12-3-13-25/h1-2,4-9,20,25H,3,10-15H2,(H,23,26). The second-order valence-corrected chi connectivity index (χ2v) is 6.70. The number of carbonyl (C=O) groups excluding carboxylic acids is 1. The molecule has 2 aromatic rings. The van der Waals surface area contributed by atoms with Crippen molar-refractivity contribution in [2.45, 2.75) is 31.8 Å². The van der Waals surface area contributed by atoms with Crippen LogP contribution < -0.4 is 5.32 Å². The van der Waals surface area contributed by atoms with Crippen LogP contribution >= 0.6 is 0 Å². The number of aliphatic hydroxyl groups is 1. The van der Waals surface area contributed by atoms with E-state index in [0.717, 1.165) is 12.1 Å². The zero-order chi connectivity index (χ0) is 18.4. The van der Waals surface area contributed by atoms with Crippen molar-refractivity contribution in [1.82, 2.24) is 10.2 Å². The monoisotopic (exact) mass is 356 g/mol. The predicted octanol–water partition coefficient (Wildman–Crippen LogP) is 2.29. The van der Waals surface area contributed by atoms with E-state index < -0.39 is 0 Å². The lowest BCUT2D eigenvalue weighted by Gasteiger charge is -2.36. The van der Waals surface area contributed by atoms with E-state index in [4.69, 9.17) is 5.11 Å². The van der Waals surface area contributed by atoms with Gasteiger partial charge in [-0.25, -0.2) is 4.39 Å². The highest BCUT2D eigenvalue weighted by molar-refractivity contribution is 5.82. The van der Waals surface area contributed by atoms with Gasteiger partial charge in [0.2, 0.25) is 5.91 Å². The van der Waals surface area contributed by atoms with Crippen LogP contribution in [0.25, 0.3) is 0 Å². The molecule has 0 bridgehead atoms. The van der Waals surface area contributed by atoms with Crippen LogP contribution in [0.3, 0.4) is 0 Å². The van der Waals surface area contributed by atoms with Gasteiger partial charge in [0.1, 0.15) is 5.82 Å². The number of amides is 1. The molecule has 1 aliphatic rings. The number of hydrogen-bond donors (Lipinski definition) is 2. The van der Waals surface area contributed by atoms with Gasteiger partial charge >= 0.3 is 0 Å². The summed E-state index contributed by atoms with van der Waals surface area (Å²) in [6, 6.07) is 14.3. The lowest BCUT2D eigenvalue weighted by Crippen LogP contribution is -2.51. The Bertz CT molecular complexity index is 733. The van der Waals surface area contributed by atoms with Crippen LogP contribution in [-0.4, -0.2) is 41.7 Å². The molecule has 1 atom stereocenters. The molecule has 1 amide bonds. The van der Waals surface area contributed by atoms with E-state index in [9.17, 15) is 9.18 Å².